The van der Waals surface area contributed by atoms with Crippen molar-refractivity contribution in [2.45, 2.75) is 25.9 Å². The van der Waals surface area contributed by atoms with Crippen LogP contribution in [0.25, 0.3) is 5.69 Å². The first-order chi connectivity index (χ1) is 16.9. The van der Waals surface area contributed by atoms with E-state index in [1.54, 1.807) is 6.07 Å². The predicted molar refractivity (Wildman–Crippen MR) is 146 cm³/mol. The summed E-state index contributed by atoms with van der Waals surface area (Å²) >= 11 is 5.89. The molecule has 7 heteroatoms. The summed E-state index contributed by atoms with van der Waals surface area (Å²) in [5.74, 6) is 0.248. The molecule has 0 saturated carbocycles. The number of phenols is 1. The zero-order chi connectivity index (χ0) is 24.7. The number of aromatic nitrogens is 2. The van der Waals surface area contributed by atoms with Crippen LogP contribution in [0.3, 0.4) is 0 Å². The monoisotopic (exact) mass is 483 g/mol. The fourth-order valence-electron chi connectivity index (χ4n) is 4.97. The van der Waals surface area contributed by atoms with E-state index in [9.17, 15) is 5.11 Å². The Morgan fingerprint density at radius 1 is 0.971 bits per heavy atom. The van der Waals surface area contributed by atoms with Gasteiger partial charge in [0.15, 0.2) is 5.11 Å². The number of pyridine rings is 1. The molecule has 0 radical (unpaired) electrons. The van der Waals surface area contributed by atoms with Crippen LogP contribution in [0.15, 0.2) is 79.0 Å². The number of aromatic hydroxyl groups is 1. The van der Waals surface area contributed by atoms with E-state index in [4.69, 9.17) is 12.2 Å². The van der Waals surface area contributed by atoms with Crippen LogP contribution in [-0.2, 0) is 0 Å². The van der Waals surface area contributed by atoms with Gasteiger partial charge in [-0.15, -0.1) is 0 Å². The third-order valence-electron chi connectivity index (χ3n) is 6.65. The molecule has 178 valence electrons. The molecule has 2 aromatic carbocycles. The van der Waals surface area contributed by atoms with Crippen LogP contribution in [-0.4, -0.2) is 33.9 Å². The number of para-hydroxylation sites is 2. The van der Waals surface area contributed by atoms with E-state index in [1.165, 1.54) is 0 Å². The Balaban J connectivity index is 1.67. The van der Waals surface area contributed by atoms with Gasteiger partial charge in [0.1, 0.15) is 5.75 Å². The molecule has 1 fully saturated rings. The van der Waals surface area contributed by atoms with E-state index in [-0.39, 0.29) is 17.8 Å². The minimum atomic E-state index is -0.129. The summed E-state index contributed by atoms with van der Waals surface area (Å²) < 4.78 is 2.11. The molecule has 0 unspecified atom stereocenters. The number of thiocarbonyl (C=S) groups is 1. The van der Waals surface area contributed by atoms with Gasteiger partial charge in [0.2, 0.25) is 0 Å². The molecule has 6 nitrogen and oxygen atoms in total. The minimum absolute atomic E-state index is 0.117. The van der Waals surface area contributed by atoms with Crippen LogP contribution in [0.2, 0.25) is 0 Å². The van der Waals surface area contributed by atoms with Gasteiger partial charge in [0.05, 0.1) is 23.5 Å². The minimum Gasteiger partial charge on any atom is -0.506 e. The zero-order valence-corrected chi connectivity index (χ0v) is 21.1. The molecule has 1 saturated heterocycles. The van der Waals surface area contributed by atoms with Crippen LogP contribution < -0.4 is 15.1 Å². The highest BCUT2D eigenvalue weighted by Crippen LogP contribution is 2.44. The molecule has 5 rings (SSSR count). The Labute approximate surface area is 211 Å². The summed E-state index contributed by atoms with van der Waals surface area (Å²) in [7, 11) is 4.07. The number of aryl methyl sites for hydroxylation is 1. The lowest BCUT2D eigenvalue weighted by molar-refractivity contribution is 0.471. The molecule has 4 aromatic rings. The van der Waals surface area contributed by atoms with Crippen LogP contribution in [0, 0.1) is 13.8 Å². The van der Waals surface area contributed by atoms with E-state index in [0.717, 1.165) is 39.7 Å². The Morgan fingerprint density at radius 2 is 1.69 bits per heavy atom. The molecule has 2 atom stereocenters. The molecule has 35 heavy (non-hydrogen) atoms. The van der Waals surface area contributed by atoms with Crippen molar-refractivity contribution in [3.8, 4) is 11.4 Å². The molecule has 0 spiro atoms. The lowest BCUT2D eigenvalue weighted by Gasteiger charge is -2.28. The largest absolute Gasteiger partial charge is 0.506 e. The lowest BCUT2D eigenvalue weighted by atomic mass is 9.96. The highest BCUT2D eigenvalue weighted by molar-refractivity contribution is 7.80. The quantitative estimate of drug-likeness (QED) is 0.369. The maximum atomic E-state index is 10.6. The van der Waals surface area contributed by atoms with Gasteiger partial charge in [-0.2, -0.15) is 0 Å². The number of rotatable bonds is 5. The second-order valence-electron chi connectivity index (χ2n) is 9.06. The molecule has 3 heterocycles. The summed E-state index contributed by atoms with van der Waals surface area (Å²) in [6, 6.07) is 23.8. The first kappa shape index (κ1) is 22.9. The maximum absolute atomic E-state index is 10.6. The first-order valence-electron chi connectivity index (χ1n) is 11.6. The molecule has 0 bridgehead atoms. The molecule has 1 aliphatic rings. The molecule has 2 aromatic heterocycles. The summed E-state index contributed by atoms with van der Waals surface area (Å²) in [5.41, 5.74) is 7.06. The molecule has 1 aliphatic heterocycles. The van der Waals surface area contributed by atoms with Crippen molar-refractivity contribution < 1.29 is 5.11 Å². The van der Waals surface area contributed by atoms with E-state index in [1.807, 2.05) is 56.7 Å². The summed E-state index contributed by atoms with van der Waals surface area (Å²) in [6.45, 7) is 4.16. The Morgan fingerprint density at radius 3 is 2.34 bits per heavy atom. The normalized spacial score (nSPS) is 17.5. The van der Waals surface area contributed by atoms with Crippen molar-refractivity contribution in [3.63, 3.8) is 0 Å². The topological polar surface area (TPSA) is 56.6 Å². The lowest BCUT2D eigenvalue weighted by Crippen LogP contribution is -2.29. The van der Waals surface area contributed by atoms with Crippen LogP contribution in [0.5, 0.6) is 5.75 Å². The number of phenolic OH excluding ortho intramolecular Hbond substituents is 1. The predicted octanol–water partition coefficient (Wildman–Crippen LogP) is 5.44. The van der Waals surface area contributed by atoms with E-state index < -0.39 is 0 Å². The third kappa shape index (κ3) is 4.02. The molecule has 2 N–H and O–H groups in total. The van der Waals surface area contributed by atoms with Gasteiger partial charge in [-0.05, 0) is 86.2 Å². The second kappa shape index (κ2) is 9.07. The van der Waals surface area contributed by atoms with Crippen molar-refractivity contribution in [1.29, 1.82) is 0 Å². The SMILES string of the molecule is Cc1cc([C@@H]2[C@@H](c3ccccn3)NC(=S)N2c2ccc(N(C)C)cc2)c(C)n1-c1ccccc1O. The van der Waals surface area contributed by atoms with E-state index in [0.29, 0.717) is 5.11 Å². The average Bonchev–Trinajstić information content (AvgIpc) is 3.35. The molecular weight excluding hydrogens is 454 g/mol. The van der Waals surface area contributed by atoms with Crippen LogP contribution in [0.1, 0.15) is 34.7 Å². The number of benzene rings is 2. The number of hydrogen-bond donors (Lipinski definition) is 2. The van der Waals surface area contributed by atoms with Gasteiger partial charge >= 0.3 is 0 Å². The van der Waals surface area contributed by atoms with Crippen LogP contribution >= 0.6 is 12.2 Å². The van der Waals surface area contributed by atoms with Crippen molar-refractivity contribution in [3.05, 3.63) is 102 Å². The number of nitrogens with zero attached hydrogens (tertiary/aromatic N) is 4. The summed E-state index contributed by atoms with van der Waals surface area (Å²) in [4.78, 5) is 8.93. The number of anilines is 2. The Hall–Kier alpha value is -3.84. The Bertz CT molecular complexity index is 1360. The average molecular weight is 484 g/mol. The second-order valence-corrected chi connectivity index (χ2v) is 9.44. The van der Waals surface area contributed by atoms with Crippen molar-refractivity contribution in [2.24, 2.45) is 0 Å². The Kier molecular flexibility index (Phi) is 5.94. The van der Waals surface area contributed by atoms with Gasteiger partial charge in [-0.25, -0.2) is 0 Å². The third-order valence-corrected chi connectivity index (χ3v) is 6.97. The molecular formula is C28H29N5OS. The fraction of sp³-hybridized carbons (Fsp3) is 0.214. The smallest absolute Gasteiger partial charge is 0.174 e. The highest BCUT2D eigenvalue weighted by Gasteiger charge is 2.42. The van der Waals surface area contributed by atoms with Crippen LogP contribution in [0.4, 0.5) is 11.4 Å². The fourth-order valence-corrected chi connectivity index (χ4v) is 5.32. The van der Waals surface area contributed by atoms with Gasteiger partial charge in [0, 0.05) is 43.1 Å². The standard InChI is InChI=1S/C28H29N5OS/c1-18-17-22(19(2)32(18)24-10-5-6-11-25(24)34)27-26(23-9-7-8-16-29-23)30-28(35)33(27)21-14-12-20(13-15-21)31(3)4/h5-17,26-27,34H,1-4H3,(H,30,35)/t26-,27-/m1/s1. The van der Waals surface area contributed by atoms with Crippen molar-refractivity contribution in [2.75, 3.05) is 23.9 Å². The number of hydrogen-bond acceptors (Lipinski definition) is 4. The number of nitrogens with one attached hydrogen (secondary N) is 1. The summed E-state index contributed by atoms with van der Waals surface area (Å²) in [5, 5.41) is 14.8. The van der Waals surface area contributed by atoms with E-state index >= 15 is 0 Å². The maximum Gasteiger partial charge on any atom is 0.174 e. The van der Waals surface area contributed by atoms with Crippen molar-refractivity contribution in [1.82, 2.24) is 14.9 Å². The first-order valence-corrected chi connectivity index (χ1v) is 12.0. The summed E-state index contributed by atoms with van der Waals surface area (Å²) in [6.07, 6.45) is 1.82. The van der Waals surface area contributed by atoms with Gasteiger partial charge < -0.3 is 24.8 Å². The van der Waals surface area contributed by atoms with Gasteiger partial charge in [0.25, 0.3) is 0 Å². The molecule has 0 aliphatic carbocycles. The van der Waals surface area contributed by atoms with Gasteiger partial charge in [-0.3, -0.25) is 4.98 Å². The highest BCUT2D eigenvalue weighted by atomic mass is 32.1. The van der Waals surface area contributed by atoms with Gasteiger partial charge in [-0.1, -0.05) is 18.2 Å². The van der Waals surface area contributed by atoms with E-state index in [2.05, 4.69) is 68.8 Å². The van der Waals surface area contributed by atoms with Crippen molar-refractivity contribution >= 4 is 28.7 Å². The molecule has 0 amide bonds. The zero-order valence-electron chi connectivity index (χ0n) is 20.3.